The van der Waals surface area contributed by atoms with Gasteiger partial charge in [-0.15, -0.1) is 0 Å². The zero-order chi connectivity index (χ0) is 23.1. The average Bonchev–Trinajstić information content (AvgIpc) is 2.88. The maximum absolute atomic E-state index is 13.7. The van der Waals surface area contributed by atoms with Gasteiger partial charge in [-0.1, -0.05) is 48.5 Å². The Morgan fingerprint density at radius 3 is 2.12 bits per heavy atom. The molecule has 1 fully saturated rings. The van der Waals surface area contributed by atoms with Gasteiger partial charge in [0.05, 0.1) is 13.7 Å². The first-order valence-corrected chi connectivity index (χ1v) is 12.6. The molecule has 4 rings (SSSR count). The highest BCUT2D eigenvalue weighted by atomic mass is 31.2. The summed E-state index contributed by atoms with van der Waals surface area (Å²) >= 11 is 0. The Morgan fingerprint density at radius 1 is 0.848 bits per heavy atom. The summed E-state index contributed by atoms with van der Waals surface area (Å²) < 4.78 is 38.2. The SMILES string of the molecule is COc1ccc(OCC2CN(P(=O)(OC)Oc3ccccc3)CCC2c2ccccc2)cc1. The van der Waals surface area contributed by atoms with Crippen LogP contribution in [0.1, 0.15) is 17.9 Å². The van der Waals surface area contributed by atoms with Gasteiger partial charge in [-0.3, -0.25) is 4.52 Å². The number of hydrogen-bond donors (Lipinski definition) is 0. The van der Waals surface area contributed by atoms with Gasteiger partial charge in [-0.25, -0.2) is 4.57 Å². The number of nitrogens with zero attached hydrogens (tertiary/aromatic N) is 1. The normalized spacial score (nSPS) is 20.5. The van der Waals surface area contributed by atoms with Crippen molar-refractivity contribution in [3.63, 3.8) is 0 Å². The second-order valence-electron chi connectivity index (χ2n) is 8.02. The van der Waals surface area contributed by atoms with Crippen LogP contribution in [-0.2, 0) is 9.09 Å². The lowest BCUT2D eigenvalue weighted by atomic mass is 9.81. The molecule has 1 saturated heterocycles. The quantitative estimate of drug-likeness (QED) is 0.359. The van der Waals surface area contributed by atoms with Gasteiger partial charge in [-0.2, -0.15) is 4.67 Å². The number of rotatable bonds is 9. The van der Waals surface area contributed by atoms with E-state index in [0.29, 0.717) is 25.4 Å². The average molecular weight is 468 g/mol. The summed E-state index contributed by atoms with van der Waals surface area (Å²) in [4.78, 5) is 0. The third kappa shape index (κ3) is 5.77. The van der Waals surface area contributed by atoms with E-state index in [-0.39, 0.29) is 11.8 Å². The molecule has 0 spiro atoms. The van der Waals surface area contributed by atoms with Crippen LogP contribution in [0.5, 0.6) is 17.2 Å². The number of para-hydroxylation sites is 1. The highest BCUT2D eigenvalue weighted by molar-refractivity contribution is 7.51. The van der Waals surface area contributed by atoms with Crippen molar-refractivity contribution in [2.45, 2.75) is 12.3 Å². The summed E-state index contributed by atoms with van der Waals surface area (Å²) in [7, 11) is -0.416. The number of benzene rings is 3. The molecule has 3 aromatic carbocycles. The highest BCUT2D eigenvalue weighted by Gasteiger charge is 2.41. The molecule has 7 heteroatoms. The summed E-state index contributed by atoms with van der Waals surface area (Å²) in [5.74, 6) is 2.47. The summed E-state index contributed by atoms with van der Waals surface area (Å²) in [6.07, 6.45) is 0.826. The molecule has 0 bridgehead atoms. The van der Waals surface area contributed by atoms with E-state index in [2.05, 4.69) is 24.3 Å². The Hall–Kier alpha value is -2.79. The summed E-state index contributed by atoms with van der Waals surface area (Å²) in [6, 6.07) is 27.2. The minimum absolute atomic E-state index is 0.103. The van der Waals surface area contributed by atoms with Crippen LogP contribution in [0.2, 0.25) is 0 Å². The maximum Gasteiger partial charge on any atom is 0.461 e. The minimum atomic E-state index is -3.50. The Morgan fingerprint density at radius 2 is 1.48 bits per heavy atom. The summed E-state index contributed by atoms with van der Waals surface area (Å²) in [5.41, 5.74) is 1.26. The lowest BCUT2D eigenvalue weighted by molar-refractivity contribution is 0.134. The van der Waals surface area contributed by atoms with E-state index >= 15 is 0 Å². The topological polar surface area (TPSA) is 57.2 Å². The molecule has 3 aromatic rings. The van der Waals surface area contributed by atoms with Crippen LogP contribution in [-0.4, -0.2) is 38.6 Å². The molecular weight excluding hydrogens is 437 g/mol. The molecule has 0 saturated carbocycles. The monoisotopic (exact) mass is 467 g/mol. The molecule has 0 amide bonds. The Bertz CT molecular complexity index is 1050. The van der Waals surface area contributed by atoms with Crippen molar-refractivity contribution in [3.05, 3.63) is 90.5 Å². The van der Waals surface area contributed by atoms with E-state index in [9.17, 15) is 4.57 Å². The molecule has 3 unspecified atom stereocenters. The van der Waals surface area contributed by atoms with Crippen LogP contribution in [0.15, 0.2) is 84.9 Å². The molecule has 1 aliphatic rings. The highest BCUT2D eigenvalue weighted by Crippen LogP contribution is 2.54. The first-order chi connectivity index (χ1) is 16.1. The zero-order valence-corrected chi connectivity index (χ0v) is 19.9. The minimum Gasteiger partial charge on any atom is -0.497 e. The molecule has 3 atom stereocenters. The van der Waals surface area contributed by atoms with E-state index < -0.39 is 7.75 Å². The summed E-state index contributed by atoms with van der Waals surface area (Å²) in [5, 5.41) is 0. The largest absolute Gasteiger partial charge is 0.497 e. The molecule has 33 heavy (non-hydrogen) atoms. The van der Waals surface area contributed by atoms with Crippen LogP contribution in [0.3, 0.4) is 0 Å². The fourth-order valence-electron chi connectivity index (χ4n) is 4.24. The van der Waals surface area contributed by atoms with Gasteiger partial charge in [0, 0.05) is 26.1 Å². The van der Waals surface area contributed by atoms with Crippen molar-refractivity contribution in [3.8, 4) is 17.2 Å². The first-order valence-electron chi connectivity index (χ1n) is 11.1. The Labute approximate surface area is 195 Å². The van der Waals surface area contributed by atoms with Crippen molar-refractivity contribution < 1.29 is 23.1 Å². The lowest BCUT2D eigenvalue weighted by Crippen LogP contribution is -2.41. The van der Waals surface area contributed by atoms with Crippen LogP contribution in [0.4, 0.5) is 0 Å². The van der Waals surface area contributed by atoms with Crippen molar-refractivity contribution in [2.24, 2.45) is 5.92 Å². The van der Waals surface area contributed by atoms with Crippen LogP contribution in [0, 0.1) is 5.92 Å². The number of hydrogen-bond acceptors (Lipinski definition) is 5. The smallest absolute Gasteiger partial charge is 0.461 e. The van der Waals surface area contributed by atoms with E-state index in [0.717, 1.165) is 17.9 Å². The van der Waals surface area contributed by atoms with E-state index in [1.807, 2.05) is 53.2 Å². The van der Waals surface area contributed by atoms with Gasteiger partial charge in [0.1, 0.15) is 17.2 Å². The molecular formula is C26H30NO5P. The number of ether oxygens (including phenoxy) is 2. The Kier molecular flexibility index (Phi) is 7.71. The van der Waals surface area contributed by atoms with E-state index in [1.165, 1.54) is 12.7 Å². The second-order valence-corrected chi connectivity index (χ2v) is 10.1. The standard InChI is InChI=1S/C26H30NO5P/c1-29-23-13-15-24(16-14-23)31-20-22-19-27(18-17-26(22)21-9-5-3-6-10-21)33(28,30-2)32-25-11-7-4-8-12-25/h3-16,22,26H,17-20H2,1-2H3. The molecule has 174 valence electrons. The van der Waals surface area contributed by atoms with Crippen molar-refractivity contribution in [2.75, 3.05) is 33.9 Å². The van der Waals surface area contributed by atoms with Gasteiger partial charge in [0.25, 0.3) is 0 Å². The first kappa shape index (κ1) is 23.4. The predicted octanol–water partition coefficient (Wildman–Crippen LogP) is 6.01. The van der Waals surface area contributed by atoms with Gasteiger partial charge in [-0.05, 0) is 54.3 Å². The van der Waals surface area contributed by atoms with Crippen LogP contribution in [0.25, 0.3) is 0 Å². The lowest BCUT2D eigenvalue weighted by Gasteiger charge is -2.40. The molecule has 0 radical (unpaired) electrons. The van der Waals surface area contributed by atoms with Crippen molar-refractivity contribution in [1.82, 2.24) is 4.67 Å². The second kappa shape index (κ2) is 10.9. The van der Waals surface area contributed by atoms with E-state index in [4.69, 9.17) is 18.5 Å². The van der Waals surface area contributed by atoms with Gasteiger partial charge in [0.15, 0.2) is 0 Å². The third-order valence-corrected chi connectivity index (χ3v) is 7.96. The van der Waals surface area contributed by atoms with Gasteiger partial charge < -0.3 is 14.0 Å². The Balaban J connectivity index is 1.52. The number of piperidine rings is 1. The summed E-state index contributed by atoms with van der Waals surface area (Å²) in [6.45, 7) is 1.63. The molecule has 1 heterocycles. The molecule has 6 nitrogen and oxygen atoms in total. The number of methoxy groups -OCH3 is 1. The fraction of sp³-hybridized carbons (Fsp3) is 0.308. The van der Waals surface area contributed by atoms with Crippen molar-refractivity contribution >= 4 is 7.75 Å². The zero-order valence-electron chi connectivity index (χ0n) is 19.0. The van der Waals surface area contributed by atoms with Crippen LogP contribution < -0.4 is 14.0 Å². The van der Waals surface area contributed by atoms with Crippen molar-refractivity contribution in [1.29, 1.82) is 0 Å². The maximum atomic E-state index is 13.7. The third-order valence-electron chi connectivity index (χ3n) is 6.00. The van der Waals surface area contributed by atoms with Gasteiger partial charge >= 0.3 is 7.75 Å². The van der Waals surface area contributed by atoms with Gasteiger partial charge in [0.2, 0.25) is 0 Å². The molecule has 0 aromatic heterocycles. The molecule has 0 N–H and O–H groups in total. The molecule has 0 aliphatic carbocycles. The van der Waals surface area contributed by atoms with E-state index in [1.54, 1.807) is 19.2 Å². The fourth-order valence-corrected chi connectivity index (χ4v) is 5.82. The molecule has 1 aliphatic heterocycles. The predicted molar refractivity (Wildman–Crippen MR) is 129 cm³/mol. The van der Waals surface area contributed by atoms with Crippen LogP contribution >= 0.6 is 7.75 Å².